The average molecular weight is 412 g/mol. The number of hydrogen-bond acceptors (Lipinski definition) is 3. The topological polar surface area (TPSA) is 38.0 Å². The van der Waals surface area contributed by atoms with Gasteiger partial charge in [0.15, 0.2) is 0 Å². The van der Waals surface area contributed by atoms with E-state index in [0.717, 1.165) is 32.6 Å². The first-order valence-electron chi connectivity index (χ1n) is 11.0. The van der Waals surface area contributed by atoms with Gasteiger partial charge < -0.3 is 19.4 Å². The molecule has 1 N–H and O–H groups in total. The van der Waals surface area contributed by atoms with E-state index in [-0.39, 0.29) is 0 Å². The van der Waals surface area contributed by atoms with Crippen molar-refractivity contribution in [2.45, 2.75) is 25.6 Å². The van der Waals surface area contributed by atoms with Gasteiger partial charge in [0.05, 0.1) is 18.6 Å². The minimum atomic E-state index is 0.419. The fourth-order valence-corrected chi connectivity index (χ4v) is 4.50. The Morgan fingerprint density at radius 1 is 1.00 bits per heavy atom. The molecule has 31 heavy (non-hydrogen) atoms. The summed E-state index contributed by atoms with van der Waals surface area (Å²) in [6.45, 7) is 3.81. The normalized spacial score (nSPS) is 15.8. The Morgan fingerprint density at radius 3 is 2.61 bits per heavy atom. The Labute approximate surface area is 184 Å². The quantitative estimate of drug-likeness (QED) is 0.497. The van der Waals surface area contributed by atoms with Crippen molar-refractivity contribution >= 4 is 5.69 Å². The van der Waals surface area contributed by atoms with E-state index < -0.39 is 0 Å². The molecule has 3 heterocycles. The number of aryl methyl sites for hydroxylation is 1. The summed E-state index contributed by atoms with van der Waals surface area (Å²) in [5.74, 6) is 0. The predicted molar refractivity (Wildman–Crippen MR) is 126 cm³/mol. The standard InChI is InChI=1S/C26H29N5/c1-29-20-27-17-25(29)19-31-18-24(28-11-14-30-12-5-6-13-30)16-23-15-22(9-10-26(23)31)21-7-3-2-4-8-21/h2-10,12-13,15,17,20,24,28H,11,14,16,18-19H2,1H3. The largest absolute Gasteiger partial charge is 0.364 e. The Hall–Kier alpha value is -3.31. The summed E-state index contributed by atoms with van der Waals surface area (Å²) < 4.78 is 4.34. The molecule has 0 radical (unpaired) electrons. The van der Waals surface area contributed by atoms with Gasteiger partial charge in [-0.15, -0.1) is 0 Å². The highest BCUT2D eigenvalue weighted by atomic mass is 15.2. The van der Waals surface area contributed by atoms with Crippen LogP contribution in [-0.4, -0.2) is 33.2 Å². The summed E-state index contributed by atoms with van der Waals surface area (Å²) in [4.78, 5) is 6.81. The summed E-state index contributed by atoms with van der Waals surface area (Å²) in [7, 11) is 2.07. The molecule has 0 spiro atoms. The van der Waals surface area contributed by atoms with Crippen molar-refractivity contribution in [3.63, 3.8) is 0 Å². The third-order valence-electron chi connectivity index (χ3n) is 6.17. The molecular formula is C26H29N5. The van der Waals surface area contributed by atoms with Crippen molar-refractivity contribution in [2.24, 2.45) is 7.05 Å². The van der Waals surface area contributed by atoms with Crippen molar-refractivity contribution in [3.05, 3.63) is 96.8 Å². The van der Waals surface area contributed by atoms with Crippen LogP contribution in [0.3, 0.4) is 0 Å². The van der Waals surface area contributed by atoms with Crippen LogP contribution in [0.25, 0.3) is 11.1 Å². The van der Waals surface area contributed by atoms with Crippen LogP contribution in [0.1, 0.15) is 11.3 Å². The molecule has 2 aromatic heterocycles. The van der Waals surface area contributed by atoms with E-state index >= 15 is 0 Å². The highest BCUT2D eigenvalue weighted by Gasteiger charge is 2.25. The lowest BCUT2D eigenvalue weighted by atomic mass is 9.93. The van der Waals surface area contributed by atoms with Gasteiger partial charge in [0.2, 0.25) is 0 Å². The molecule has 0 saturated carbocycles. The minimum absolute atomic E-state index is 0.419. The summed E-state index contributed by atoms with van der Waals surface area (Å²) >= 11 is 0. The zero-order chi connectivity index (χ0) is 21.0. The molecule has 5 rings (SSSR count). The van der Waals surface area contributed by atoms with E-state index in [1.807, 2.05) is 12.5 Å². The van der Waals surface area contributed by atoms with E-state index in [9.17, 15) is 0 Å². The molecule has 4 aromatic rings. The SMILES string of the molecule is Cn1cncc1CN1CC(NCCn2cccc2)Cc2cc(-c3ccccc3)ccc21. The zero-order valence-corrected chi connectivity index (χ0v) is 18.0. The van der Waals surface area contributed by atoms with Gasteiger partial charge in [-0.05, 0) is 47.4 Å². The van der Waals surface area contributed by atoms with E-state index in [2.05, 4.69) is 104 Å². The number of nitrogens with one attached hydrogen (secondary N) is 1. The number of nitrogens with zero attached hydrogens (tertiary/aromatic N) is 4. The second kappa shape index (κ2) is 8.82. The summed E-state index contributed by atoms with van der Waals surface area (Å²) in [5, 5.41) is 3.80. The average Bonchev–Trinajstić information content (AvgIpc) is 3.46. The van der Waals surface area contributed by atoms with Crippen LogP contribution in [0.2, 0.25) is 0 Å². The third kappa shape index (κ3) is 4.42. The first-order chi connectivity index (χ1) is 15.3. The van der Waals surface area contributed by atoms with Crippen LogP contribution in [0.4, 0.5) is 5.69 Å². The van der Waals surface area contributed by atoms with Gasteiger partial charge in [0, 0.05) is 57.0 Å². The van der Waals surface area contributed by atoms with Gasteiger partial charge >= 0.3 is 0 Å². The maximum Gasteiger partial charge on any atom is 0.0946 e. The molecule has 158 valence electrons. The predicted octanol–water partition coefficient (Wildman–Crippen LogP) is 4.11. The van der Waals surface area contributed by atoms with Crippen molar-refractivity contribution < 1.29 is 0 Å². The molecule has 0 amide bonds. The molecule has 1 aliphatic heterocycles. The van der Waals surface area contributed by atoms with E-state index in [1.165, 1.54) is 28.1 Å². The molecule has 1 aliphatic rings. The van der Waals surface area contributed by atoms with Crippen molar-refractivity contribution in [1.82, 2.24) is 19.4 Å². The highest BCUT2D eigenvalue weighted by molar-refractivity contribution is 5.70. The van der Waals surface area contributed by atoms with Gasteiger partial charge in [-0.25, -0.2) is 4.98 Å². The molecule has 0 bridgehead atoms. The molecule has 1 atom stereocenters. The van der Waals surface area contributed by atoms with Gasteiger partial charge in [-0.2, -0.15) is 0 Å². The molecule has 0 saturated heterocycles. The lowest BCUT2D eigenvalue weighted by Gasteiger charge is -2.37. The first-order valence-corrected chi connectivity index (χ1v) is 11.0. The number of benzene rings is 2. The van der Waals surface area contributed by atoms with Crippen molar-refractivity contribution in [2.75, 3.05) is 18.0 Å². The minimum Gasteiger partial charge on any atom is -0.364 e. The van der Waals surface area contributed by atoms with Crippen LogP contribution in [0.5, 0.6) is 0 Å². The summed E-state index contributed by atoms with van der Waals surface area (Å²) in [5.41, 5.74) is 6.53. The lowest BCUT2D eigenvalue weighted by Crippen LogP contribution is -2.47. The maximum atomic E-state index is 4.31. The third-order valence-corrected chi connectivity index (χ3v) is 6.17. The monoisotopic (exact) mass is 411 g/mol. The van der Waals surface area contributed by atoms with Gasteiger partial charge in [0.25, 0.3) is 0 Å². The van der Waals surface area contributed by atoms with E-state index in [1.54, 1.807) is 0 Å². The van der Waals surface area contributed by atoms with Crippen molar-refractivity contribution in [1.29, 1.82) is 0 Å². The van der Waals surface area contributed by atoms with Gasteiger partial charge in [-0.1, -0.05) is 36.4 Å². The molecule has 2 aromatic carbocycles. The van der Waals surface area contributed by atoms with Crippen molar-refractivity contribution in [3.8, 4) is 11.1 Å². The number of fused-ring (bicyclic) bond motifs is 1. The van der Waals surface area contributed by atoms with Crippen LogP contribution in [0, 0.1) is 0 Å². The fourth-order valence-electron chi connectivity index (χ4n) is 4.50. The Morgan fingerprint density at radius 2 is 1.84 bits per heavy atom. The Bertz CT molecular complexity index is 1110. The van der Waals surface area contributed by atoms with Gasteiger partial charge in [0.1, 0.15) is 0 Å². The van der Waals surface area contributed by atoms with Crippen LogP contribution in [0.15, 0.2) is 85.6 Å². The number of imidazole rings is 1. The number of rotatable bonds is 7. The van der Waals surface area contributed by atoms with E-state index in [4.69, 9.17) is 0 Å². The number of hydrogen-bond donors (Lipinski definition) is 1. The maximum absolute atomic E-state index is 4.31. The number of aromatic nitrogens is 3. The van der Waals surface area contributed by atoms with Crippen LogP contribution < -0.4 is 10.2 Å². The molecule has 5 nitrogen and oxygen atoms in total. The first kappa shape index (κ1) is 19.6. The highest BCUT2D eigenvalue weighted by Crippen LogP contribution is 2.32. The molecular weight excluding hydrogens is 382 g/mol. The Balaban J connectivity index is 1.39. The smallest absolute Gasteiger partial charge is 0.0946 e. The molecule has 5 heteroatoms. The van der Waals surface area contributed by atoms with E-state index in [0.29, 0.717) is 6.04 Å². The summed E-state index contributed by atoms with van der Waals surface area (Å²) in [6.07, 6.45) is 9.15. The lowest BCUT2D eigenvalue weighted by molar-refractivity contribution is 0.463. The molecule has 0 fully saturated rings. The molecule has 1 unspecified atom stereocenters. The molecule has 0 aliphatic carbocycles. The van der Waals surface area contributed by atoms with Crippen LogP contribution in [-0.2, 0) is 26.6 Å². The second-order valence-electron chi connectivity index (χ2n) is 8.36. The fraction of sp³-hybridized carbons (Fsp3) is 0.269. The van der Waals surface area contributed by atoms with Gasteiger partial charge in [-0.3, -0.25) is 0 Å². The summed E-state index contributed by atoms with van der Waals surface area (Å²) in [6, 6.07) is 22.2. The zero-order valence-electron chi connectivity index (χ0n) is 18.0. The number of anilines is 1. The second-order valence-corrected chi connectivity index (χ2v) is 8.36. The van der Waals surface area contributed by atoms with Crippen LogP contribution >= 0.6 is 0 Å². The Kier molecular flexibility index (Phi) is 5.59.